The monoisotopic (exact) mass is 152 g/mol. The molecule has 0 radical (unpaired) electrons. The zero-order valence-electron chi connectivity index (χ0n) is 5.40. The highest BCUT2D eigenvalue weighted by Gasteiger charge is 2.06. The van der Waals surface area contributed by atoms with Gasteiger partial charge in [-0.2, -0.15) is 5.16 Å². The lowest BCUT2D eigenvalue weighted by atomic mass is 10.4. The molecule has 5 heteroatoms. The SMILES string of the molecule is O=c1nc(-c2ccco2)o[nH]1. The predicted molar refractivity (Wildman–Crippen MR) is 34.8 cm³/mol. The van der Waals surface area contributed by atoms with Crippen molar-refractivity contribution >= 4 is 0 Å². The Balaban J connectivity index is 2.53. The first-order chi connectivity index (χ1) is 5.36. The van der Waals surface area contributed by atoms with Crippen LogP contribution in [-0.2, 0) is 0 Å². The Labute approximate surface area is 60.6 Å². The van der Waals surface area contributed by atoms with E-state index in [4.69, 9.17) is 4.42 Å². The van der Waals surface area contributed by atoms with Crippen molar-refractivity contribution in [1.29, 1.82) is 0 Å². The molecule has 0 amide bonds. The summed E-state index contributed by atoms with van der Waals surface area (Å²) in [7, 11) is 0. The molecular formula is C6H4N2O3. The second-order valence-corrected chi connectivity index (χ2v) is 1.90. The molecule has 1 N–H and O–H groups in total. The van der Waals surface area contributed by atoms with Gasteiger partial charge in [-0.3, -0.25) is 0 Å². The molecule has 11 heavy (non-hydrogen) atoms. The van der Waals surface area contributed by atoms with Crippen molar-refractivity contribution in [3.8, 4) is 11.7 Å². The number of nitrogens with zero attached hydrogens (tertiary/aromatic N) is 1. The molecule has 0 saturated carbocycles. The summed E-state index contributed by atoms with van der Waals surface area (Å²) in [6, 6.07) is 3.34. The number of hydrogen-bond acceptors (Lipinski definition) is 4. The van der Waals surface area contributed by atoms with Crippen LogP contribution in [0.1, 0.15) is 0 Å². The lowest BCUT2D eigenvalue weighted by molar-refractivity contribution is 0.410. The highest BCUT2D eigenvalue weighted by molar-refractivity contribution is 5.41. The second kappa shape index (κ2) is 2.12. The van der Waals surface area contributed by atoms with E-state index in [9.17, 15) is 4.79 Å². The summed E-state index contributed by atoms with van der Waals surface area (Å²) < 4.78 is 9.58. The molecule has 0 bridgehead atoms. The van der Waals surface area contributed by atoms with Crippen molar-refractivity contribution in [1.82, 2.24) is 10.1 Å². The van der Waals surface area contributed by atoms with E-state index in [0.29, 0.717) is 5.76 Å². The summed E-state index contributed by atoms with van der Waals surface area (Å²) in [5.74, 6) is 0.600. The maximum absolute atomic E-state index is 10.5. The van der Waals surface area contributed by atoms with E-state index in [1.54, 1.807) is 12.1 Å². The fraction of sp³-hybridized carbons (Fsp3) is 0. The molecule has 2 heterocycles. The fourth-order valence-corrected chi connectivity index (χ4v) is 0.736. The molecule has 0 aromatic carbocycles. The molecule has 0 saturated heterocycles. The molecule has 0 fully saturated rings. The van der Waals surface area contributed by atoms with Gasteiger partial charge < -0.3 is 8.94 Å². The molecule has 56 valence electrons. The molecule has 0 atom stereocenters. The van der Waals surface area contributed by atoms with E-state index >= 15 is 0 Å². The summed E-state index contributed by atoms with van der Waals surface area (Å²) >= 11 is 0. The smallest absolute Gasteiger partial charge is 0.377 e. The summed E-state index contributed by atoms with van der Waals surface area (Å²) in [6.45, 7) is 0. The van der Waals surface area contributed by atoms with Crippen LogP contribution in [0.25, 0.3) is 11.7 Å². The van der Waals surface area contributed by atoms with Crippen molar-refractivity contribution < 1.29 is 8.94 Å². The molecular weight excluding hydrogens is 148 g/mol. The quantitative estimate of drug-likeness (QED) is 0.650. The van der Waals surface area contributed by atoms with Crippen LogP contribution in [0.2, 0.25) is 0 Å². The van der Waals surface area contributed by atoms with Gasteiger partial charge in [0, 0.05) is 0 Å². The maximum atomic E-state index is 10.5. The maximum Gasteiger partial charge on any atom is 0.377 e. The fourth-order valence-electron chi connectivity index (χ4n) is 0.736. The van der Waals surface area contributed by atoms with Gasteiger partial charge in [0.25, 0.3) is 5.89 Å². The Morgan fingerprint density at radius 1 is 1.55 bits per heavy atom. The van der Waals surface area contributed by atoms with Crippen molar-refractivity contribution in [3.63, 3.8) is 0 Å². The van der Waals surface area contributed by atoms with Crippen LogP contribution < -0.4 is 5.69 Å². The first-order valence-electron chi connectivity index (χ1n) is 2.95. The van der Waals surface area contributed by atoms with Crippen LogP contribution in [0.4, 0.5) is 0 Å². The topological polar surface area (TPSA) is 72.0 Å². The Bertz CT molecular complexity index is 384. The number of aromatic nitrogens is 2. The van der Waals surface area contributed by atoms with E-state index < -0.39 is 5.69 Å². The van der Waals surface area contributed by atoms with Gasteiger partial charge >= 0.3 is 5.69 Å². The van der Waals surface area contributed by atoms with Gasteiger partial charge in [-0.25, -0.2) is 4.79 Å². The summed E-state index contributed by atoms with van der Waals surface area (Å²) in [5.41, 5.74) is -0.517. The highest BCUT2D eigenvalue weighted by atomic mass is 16.5. The van der Waals surface area contributed by atoms with E-state index in [1.165, 1.54) is 6.26 Å². The van der Waals surface area contributed by atoms with Gasteiger partial charge in [0.15, 0.2) is 5.76 Å². The van der Waals surface area contributed by atoms with Crippen LogP contribution in [-0.4, -0.2) is 10.1 Å². The lowest BCUT2D eigenvalue weighted by Gasteiger charge is -1.81. The summed E-state index contributed by atoms with van der Waals surface area (Å²) in [6.07, 6.45) is 1.48. The third-order valence-corrected chi connectivity index (χ3v) is 1.17. The standard InChI is InChI=1S/C6H4N2O3/c9-6-7-5(11-8-6)4-2-1-3-10-4/h1-3H,(H,8,9). The number of nitrogens with one attached hydrogen (secondary N) is 1. The minimum absolute atomic E-state index is 0.167. The van der Waals surface area contributed by atoms with Gasteiger partial charge in [0.05, 0.1) is 6.26 Å². The van der Waals surface area contributed by atoms with Gasteiger partial charge in [0.2, 0.25) is 0 Å². The summed E-state index contributed by atoms with van der Waals surface area (Å²) in [4.78, 5) is 14.0. The Hall–Kier alpha value is -1.78. The molecule has 0 aliphatic rings. The molecule has 2 rings (SSSR count). The van der Waals surface area contributed by atoms with Crippen LogP contribution in [0.5, 0.6) is 0 Å². The van der Waals surface area contributed by atoms with Crippen molar-refractivity contribution in [2.75, 3.05) is 0 Å². The van der Waals surface area contributed by atoms with Crippen molar-refractivity contribution in [2.45, 2.75) is 0 Å². The van der Waals surface area contributed by atoms with Crippen LogP contribution >= 0.6 is 0 Å². The van der Waals surface area contributed by atoms with Crippen LogP contribution in [0.15, 0.2) is 32.1 Å². The predicted octanol–water partition coefficient (Wildman–Crippen LogP) is 0.623. The Morgan fingerprint density at radius 2 is 2.45 bits per heavy atom. The van der Waals surface area contributed by atoms with Gasteiger partial charge in [-0.15, -0.1) is 4.98 Å². The third-order valence-electron chi connectivity index (χ3n) is 1.17. The van der Waals surface area contributed by atoms with Gasteiger partial charge in [-0.05, 0) is 12.1 Å². The molecule has 0 unspecified atom stereocenters. The van der Waals surface area contributed by atoms with Crippen molar-refractivity contribution in [3.05, 3.63) is 28.9 Å². The zero-order chi connectivity index (χ0) is 7.68. The van der Waals surface area contributed by atoms with E-state index in [2.05, 4.69) is 14.7 Å². The van der Waals surface area contributed by atoms with Gasteiger partial charge in [-0.1, -0.05) is 0 Å². The van der Waals surface area contributed by atoms with E-state index in [-0.39, 0.29) is 5.89 Å². The minimum atomic E-state index is -0.517. The average Bonchev–Trinajstić information content (AvgIpc) is 2.55. The number of aromatic amines is 1. The number of hydrogen-bond donors (Lipinski definition) is 1. The first kappa shape index (κ1) is 5.96. The molecule has 2 aromatic rings. The van der Waals surface area contributed by atoms with Crippen molar-refractivity contribution in [2.24, 2.45) is 0 Å². The normalized spacial score (nSPS) is 10.2. The molecule has 0 spiro atoms. The highest BCUT2D eigenvalue weighted by Crippen LogP contribution is 2.13. The number of furan rings is 1. The van der Waals surface area contributed by atoms with Crippen LogP contribution in [0, 0.1) is 0 Å². The second-order valence-electron chi connectivity index (χ2n) is 1.90. The summed E-state index contributed by atoms with van der Waals surface area (Å²) in [5, 5.41) is 2.06. The third kappa shape index (κ3) is 0.958. The number of H-pyrrole nitrogens is 1. The van der Waals surface area contributed by atoms with E-state index in [0.717, 1.165) is 0 Å². The molecule has 2 aromatic heterocycles. The number of rotatable bonds is 1. The zero-order valence-corrected chi connectivity index (χ0v) is 5.40. The van der Waals surface area contributed by atoms with E-state index in [1.807, 2.05) is 0 Å². The first-order valence-corrected chi connectivity index (χ1v) is 2.95. The molecule has 0 aliphatic heterocycles. The lowest BCUT2D eigenvalue weighted by Crippen LogP contribution is -1.99. The average molecular weight is 152 g/mol. The van der Waals surface area contributed by atoms with Crippen LogP contribution in [0.3, 0.4) is 0 Å². The van der Waals surface area contributed by atoms with Gasteiger partial charge in [0.1, 0.15) is 0 Å². The Morgan fingerprint density at radius 3 is 3.00 bits per heavy atom. The minimum Gasteiger partial charge on any atom is -0.459 e. The largest absolute Gasteiger partial charge is 0.459 e. The Kier molecular flexibility index (Phi) is 1.15. The molecule has 0 aliphatic carbocycles. The molecule has 5 nitrogen and oxygen atoms in total.